The monoisotopic (exact) mass is 1280 g/mol. The molecule has 2 aromatic heterocycles. The summed E-state index contributed by atoms with van der Waals surface area (Å²) < 4.78 is 9.62. The van der Waals surface area contributed by atoms with Crippen molar-refractivity contribution in [3.8, 4) is 50.7 Å². The number of benzene rings is 10. The zero-order valence-electron chi connectivity index (χ0n) is 49.6. The maximum Gasteiger partial charge on any atom is 0.135 e. The van der Waals surface area contributed by atoms with Gasteiger partial charge in [0.25, 0.3) is 0 Å². The summed E-state index contributed by atoms with van der Waals surface area (Å²) in [7, 11) is 0. The van der Waals surface area contributed by atoms with Gasteiger partial charge in [0.15, 0.2) is 0 Å². The van der Waals surface area contributed by atoms with Crippen molar-refractivity contribution in [3.63, 3.8) is 0 Å². The molecule has 0 bridgehead atoms. The second-order valence-corrected chi connectivity index (χ2v) is 25.7. The van der Waals surface area contributed by atoms with Crippen LogP contribution in [0.5, 0.6) is 11.5 Å². The Balaban J connectivity index is 0.00000672. The predicted molar refractivity (Wildman–Crippen MR) is 349 cm³/mol. The van der Waals surface area contributed by atoms with Crippen LogP contribution in [0.15, 0.2) is 237 Å². The first kappa shape index (κ1) is 55.4. The van der Waals surface area contributed by atoms with Gasteiger partial charge in [-0.05, 0) is 108 Å². The van der Waals surface area contributed by atoms with Crippen LogP contribution in [0, 0.1) is 18.8 Å². The van der Waals surface area contributed by atoms with Gasteiger partial charge < -0.3 is 19.1 Å². The van der Waals surface area contributed by atoms with E-state index in [0.29, 0.717) is 11.5 Å². The SMILES string of the molecule is CC(C)(C)c1ccc(C2(c3cc(Oc4[c-]c5c(cc4)c4ccccc4n5-c4cc(C(C)(C)C)ccn4)[c-]c(N4[CH-]N(c5c(-c6ccccc6)cccc5-c5ccccc5)c5ccccc54)c3)c3ccccc3-c3cc(C(C)(C)C)ccc32)cc1.[Pt]. The molecule has 1 aliphatic carbocycles. The molecule has 12 aromatic rings. The molecule has 1 unspecified atom stereocenters. The summed E-state index contributed by atoms with van der Waals surface area (Å²) in [6, 6.07) is 92.0. The van der Waals surface area contributed by atoms with E-state index in [2.05, 4.69) is 326 Å². The Morgan fingerprint density at radius 3 is 1.69 bits per heavy atom. The van der Waals surface area contributed by atoms with Crippen molar-refractivity contribution in [3.05, 3.63) is 294 Å². The number of anilines is 4. The van der Waals surface area contributed by atoms with Crippen LogP contribution in [0.4, 0.5) is 22.7 Å². The third-order valence-electron chi connectivity index (χ3n) is 17.3. The molecule has 3 heterocycles. The molecule has 1 atom stereocenters. The van der Waals surface area contributed by atoms with Gasteiger partial charge in [0.1, 0.15) is 5.82 Å². The summed E-state index contributed by atoms with van der Waals surface area (Å²) in [5, 5.41) is 2.19. The number of aromatic nitrogens is 2. The van der Waals surface area contributed by atoms with E-state index in [9.17, 15) is 0 Å². The van der Waals surface area contributed by atoms with Crippen molar-refractivity contribution in [2.24, 2.45) is 0 Å². The van der Waals surface area contributed by atoms with Crippen molar-refractivity contribution in [2.75, 3.05) is 9.80 Å². The zero-order valence-corrected chi connectivity index (χ0v) is 51.9. The molecule has 0 saturated carbocycles. The normalized spacial score (nSPS) is 14.7. The first-order chi connectivity index (χ1) is 40.5. The summed E-state index contributed by atoms with van der Waals surface area (Å²) in [4.78, 5) is 9.69. The van der Waals surface area contributed by atoms with Crippen LogP contribution >= 0.6 is 0 Å². The second-order valence-electron chi connectivity index (χ2n) is 25.7. The molecule has 0 spiro atoms. The quantitative estimate of drug-likeness (QED) is 0.135. The van der Waals surface area contributed by atoms with Crippen LogP contribution in [0.25, 0.3) is 61.0 Å². The van der Waals surface area contributed by atoms with E-state index in [1.165, 1.54) is 44.5 Å². The number of rotatable bonds is 9. The average Bonchev–Trinajstić information content (AvgIpc) is 1.70. The topological polar surface area (TPSA) is 33.5 Å². The van der Waals surface area contributed by atoms with Gasteiger partial charge in [-0.1, -0.05) is 244 Å². The van der Waals surface area contributed by atoms with Crippen molar-refractivity contribution in [2.45, 2.75) is 84.0 Å². The van der Waals surface area contributed by atoms with Crippen LogP contribution in [0.1, 0.15) is 101 Å². The Morgan fingerprint density at radius 1 is 0.435 bits per heavy atom. The van der Waals surface area contributed by atoms with E-state index >= 15 is 0 Å². The fraction of sp³-hybridized carbons (Fsp3) is 0.165. The molecule has 5 nitrogen and oxygen atoms in total. The van der Waals surface area contributed by atoms with Crippen LogP contribution in [-0.2, 0) is 42.7 Å². The number of nitrogens with zero attached hydrogens (tertiary/aromatic N) is 4. The largest absolute Gasteiger partial charge is 0.509 e. The standard InChI is InChI=1S/C79H67N4O.Pt/c1-76(2,3)54-35-37-55(38-36-54)79(68-31-18-16-27-64(68)67-47-56(77(4,5)6)39-42-69(67)79)58-45-59(49-61(46-58)84-60-40-41-66-65-28-17-19-32-70(65)83(73(66)50-60)74-48-57(43-44-80-74)78(7,8)9)81-51-82(72-34-21-20-33-71(72)81)75-62(52-23-12-10-13-24-52)29-22-30-63(75)53-25-14-11-15-26-53;/h10-48,51H,1-9H3;/q-3;. The predicted octanol–water partition coefficient (Wildman–Crippen LogP) is 20.6. The molecule has 0 fully saturated rings. The summed E-state index contributed by atoms with van der Waals surface area (Å²) in [5.74, 6) is 1.97. The van der Waals surface area contributed by atoms with Gasteiger partial charge in [-0.15, -0.1) is 53.6 Å². The minimum atomic E-state index is -0.788. The van der Waals surface area contributed by atoms with E-state index in [4.69, 9.17) is 9.72 Å². The fourth-order valence-corrected chi connectivity index (χ4v) is 13.0. The Morgan fingerprint density at radius 2 is 1.01 bits per heavy atom. The third-order valence-corrected chi connectivity index (χ3v) is 17.3. The molecule has 1 aliphatic heterocycles. The van der Waals surface area contributed by atoms with Crippen molar-refractivity contribution < 1.29 is 25.8 Å². The summed E-state index contributed by atoms with van der Waals surface area (Å²) in [5.41, 5.74) is 20.4. The van der Waals surface area contributed by atoms with Crippen LogP contribution in [0.3, 0.4) is 0 Å². The van der Waals surface area contributed by atoms with Crippen LogP contribution in [-0.4, -0.2) is 9.55 Å². The van der Waals surface area contributed by atoms with Crippen molar-refractivity contribution in [1.82, 2.24) is 9.55 Å². The number of hydrogen-bond acceptors (Lipinski definition) is 4. The average molecular weight is 1280 g/mol. The van der Waals surface area contributed by atoms with Gasteiger partial charge in [-0.2, -0.15) is 6.07 Å². The van der Waals surface area contributed by atoms with Crippen molar-refractivity contribution >= 4 is 44.6 Å². The van der Waals surface area contributed by atoms with Gasteiger partial charge in [-0.25, -0.2) is 4.98 Å². The van der Waals surface area contributed by atoms with Gasteiger partial charge in [-0.3, -0.25) is 0 Å². The maximum atomic E-state index is 7.39. The van der Waals surface area contributed by atoms with Gasteiger partial charge in [0.05, 0.1) is 0 Å². The summed E-state index contributed by atoms with van der Waals surface area (Å²) in [6.45, 7) is 22.8. The Hall–Kier alpha value is -8.76. The smallest absolute Gasteiger partial charge is 0.135 e. The van der Waals surface area contributed by atoms with E-state index in [1.807, 2.05) is 6.20 Å². The second kappa shape index (κ2) is 21.1. The van der Waals surface area contributed by atoms with E-state index in [-0.39, 0.29) is 37.3 Å². The van der Waals surface area contributed by atoms with Crippen LogP contribution in [0.2, 0.25) is 0 Å². The Bertz CT molecular complexity index is 4450. The number of ether oxygens (including phenoxy) is 1. The van der Waals surface area contributed by atoms with E-state index in [0.717, 1.165) is 78.2 Å². The molecule has 6 heteroatoms. The molecule has 0 amide bonds. The minimum Gasteiger partial charge on any atom is -0.509 e. The molecule has 10 aromatic carbocycles. The Labute approximate surface area is 515 Å². The minimum absolute atomic E-state index is 0. The number of para-hydroxylation sites is 4. The van der Waals surface area contributed by atoms with Crippen LogP contribution < -0.4 is 14.5 Å². The molecule has 85 heavy (non-hydrogen) atoms. The number of fused-ring (bicyclic) bond motifs is 7. The van der Waals surface area contributed by atoms with Gasteiger partial charge in [0, 0.05) is 77.9 Å². The fourth-order valence-electron chi connectivity index (χ4n) is 13.0. The summed E-state index contributed by atoms with van der Waals surface area (Å²) in [6.07, 6.45) is 1.92. The third kappa shape index (κ3) is 9.49. The Kier molecular flexibility index (Phi) is 13.7. The van der Waals surface area contributed by atoms with Gasteiger partial charge >= 0.3 is 0 Å². The van der Waals surface area contributed by atoms with Gasteiger partial charge in [0.2, 0.25) is 0 Å². The van der Waals surface area contributed by atoms with Crippen molar-refractivity contribution in [1.29, 1.82) is 0 Å². The number of hydrogen-bond donors (Lipinski definition) is 0. The molecule has 422 valence electrons. The zero-order chi connectivity index (χ0) is 57.7. The molecule has 14 rings (SSSR count). The van der Waals surface area contributed by atoms with E-state index < -0.39 is 5.41 Å². The molecular weight excluding hydrogens is 1220 g/mol. The molecule has 0 N–H and O–H groups in total. The first-order valence-corrected chi connectivity index (χ1v) is 29.3. The molecule has 2 aliphatic rings. The number of pyridine rings is 1. The first-order valence-electron chi connectivity index (χ1n) is 29.3. The molecule has 0 saturated heterocycles. The molecular formula is C79H67N4OPt-3. The molecule has 0 radical (unpaired) electrons. The maximum absolute atomic E-state index is 7.39. The summed E-state index contributed by atoms with van der Waals surface area (Å²) >= 11 is 0. The van der Waals surface area contributed by atoms with E-state index in [1.54, 1.807) is 0 Å².